The number of halogens is 1. The van der Waals surface area contributed by atoms with Crippen molar-refractivity contribution in [2.45, 2.75) is 32.2 Å². The van der Waals surface area contributed by atoms with E-state index in [1.807, 2.05) is 25.1 Å². The smallest absolute Gasteiger partial charge is 0.251 e. The Hall–Kier alpha value is -3.75. The van der Waals surface area contributed by atoms with Crippen molar-refractivity contribution < 1.29 is 18.8 Å². The number of rotatable bonds is 10. The summed E-state index contributed by atoms with van der Waals surface area (Å²) in [7, 11) is 0. The Morgan fingerprint density at radius 1 is 1.09 bits per heavy atom. The largest absolute Gasteiger partial charge is 0.353 e. The first kappa shape index (κ1) is 25.9. The van der Waals surface area contributed by atoms with Gasteiger partial charge in [-0.3, -0.25) is 14.4 Å². The number of nitrogens with zero attached hydrogens (tertiary/aromatic N) is 3. The molecule has 3 amide bonds. The summed E-state index contributed by atoms with van der Waals surface area (Å²) in [4.78, 5) is 45.9. The number of aryl methyl sites for hydroxylation is 1. The monoisotopic (exact) mass is 481 g/mol. The van der Waals surface area contributed by atoms with Crippen molar-refractivity contribution in [2.24, 2.45) is 0 Å². The molecule has 0 saturated carbocycles. The lowest BCUT2D eigenvalue weighted by Crippen LogP contribution is -2.55. The lowest BCUT2D eigenvalue weighted by Gasteiger charge is -2.37. The number of amides is 3. The SMILES string of the molecule is C=CC(=O)NCCCC[C@H](NC(=O)c1ccc(F)cc1)C(=O)N1CCN(c2cccc(C)n2)CC1. The molecule has 35 heavy (non-hydrogen) atoms. The molecule has 0 radical (unpaired) electrons. The second-order valence-electron chi connectivity index (χ2n) is 8.47. The highest BCUT2D eigenvalue weighted by molar-refractivity contribution is 5.97. The van der Waals surface area contributed by atoms with Crippen molar-refractivity contribution >= 4 is 23.5 Å². The van der Waals surface area contributed by atoms with E-state index < -0.39 is 17.8 Å². The van der Waals surface area contributed by atoms with Crippen LogP contribution in [0.15, 0.2) is 55.1 Å². The van der Waals surface area contributed by atoms with E-state index in [0.717, 1.165) is 11.5 Å². The second-order valence-corrected chi connectivity index (χ2v) is 8.47. The third-order valence-corrected chi connectivity index (χ3v) is 5.90. The third kappa shape index (κ3) is 7.63. The van der Waals surface area contributed by atoms with E-state index in [4.69, 9.17) is 0 Å². The number of hydrogen-bond acceptors (Lipinski definition) is 5. The van der Waals surface area contributed by atoms with Gasteiger partial charge in [0.25, 0.3) is 5.91 Å². The topological polar surface area (TPSA) is 94.6 Å². The molecule has 1 aromatic carbocycles. The van der Waals surface area contributed by atoms with Gasteiger partial charge in [-0.25, -0.2) is 9.37 Å². The Morgan fingerprint density at radius 3 is 2.46 bits per heavy atom. The van der Waals surface area contributed by atoms with Crippen molar-refractivity contribution in [3.05, 3.63) is 72.2 Å². The van der Waals surface area contributed by atoms with Gasteiger partial charge in [-0.05, 0) is 68.7 Å². The van der Waals surface area contributed by atoms with E-state index in [1.165, 1.54) is 30.3 Å². The first-order chi connectivity index (χ1) is 16.9. The van der Waals surface area contributed by atoms with Gasteiger partial charge in [-0.15, -0.1) is 0 Å². The first-order valence-corrected chi connectivity index (χ1v) is 11.8. The predicted molar refractivity (Wildman–Crippen MR) is 132 cm³/mol. The van der Waals surface area contributed by atoms with Crippen molar-refractivity contribution in [1.29, 1.82) is 0 Å². The number of anilines is 1. The molecule has 8 nitrogen and oxygen atoms in total. The summed E-state index contributed by atoms with van der Waals surface area (Å²) in [5.41, 5.74) is 1.23. The highest BCUT2D eigenvalue weighted by atomic mass is 19.1. The number of carbonyl (C=O) groups excluding carboxylic acids is 3. The van der Waals surface area contributed by atoms with Crippen LogP contribution in [-0.2, 0) is 9.59 Å². The maximum Gasteiger partial charge on any atom is 0.251 e. The number of benzene rings is 1. The Balaban J connectivity index is 1.61. The van der Waals surface area contributed by atoms with Gasteiger partial charge >= 0.3 is 0 Å². The summed E-state index contributed by atoms with van der Waals surface area (Å²) in [5, 5.41) is 5.54. The van der Waals surface area contributed by atoms with Gasteiger partial charge in [0.2, 0.25) is 11.8 Å². The van der Waals surface area contributed by atoms with Gasteiger partial charge in [-0.2, -0.15) is 0 Å². The highest BCUT2D eigenvalue weighted by Crippen LogP contribution is 2.16. The zero-order valence-electron chi connectivity index (χ0n) is 20.0. The van der Waals surface area contributed by atoms with Gasteiger partial charge in [0.15, 0.2) is 0 Å². The Labute approximate surface area is 205 Å². The lowest BCUT2D eigenvalue weighted by atomic mass is 10.1. The molecule has 0 aliphatic carbocycles. The van der Waals surface area contributed by atoms with Crippen LogP contribution in [0, 0.1) is 12.7 Å². The van der Waals surface area contributed by atoms with Crippen LogP contribution >= 0.6 is 0 Å². The molecule has 186 valence electrons. The van der Waals surface area contributed by atoms with Crippen LogP contribution in [0.4, 0.5) is 10.2 Å². The number of hydrogen-bond donors (Lipinski definition) is 2. The molecule has 0 spiro atoms. The summed E-state index contributed by atoms with van der Waals surface area (Å²) in [6, 6.07) is 10.4. The Bertz CT molecular complexity index is 1040. The quantitative estimate of drug-likeness (QED) is 0.402. The number of pyridine rings is 1. The Kier molecular flexibility index (Phi) is 9.34. The molecule has 1 atom stereocenters. The van der Waals surface area contributed by atoms with Gasteiger partial charge < -0.3 is 20.4 Å². The standard InChI is InChI=1S/C26H32FN5O3/c1-3-24(33)28-14-5-4-8-22(30-25(34)20-10-12-21(27)13-11-20)26(35)32-17-15-31(16-18-32)23-9-6-7-19(2)29-23/h3,6-7,9-13,22H,1,4-5,8,14-18H2,2H3,(H,28,33)(H,30,34)/t22-/m0/s1. The lowest BCUT2D eigenvalue weighted by molar-refractivity contribution is -0.133. The number of carbonyl (C=O) groups is 3. The number of aromatic nitrogens is 1. The van der Waals surface area contributed by atoms with Crippen LogP contribution in [0.3, 0.4) is 0 Å². The van der Waals surface area contributed by atoms with Crippen molar-refractivity contribution in [2.75, 3.05) is 37.6 Å². The minimum absolute atomic E-state index is 0.146. The molecule has 2 N–H and O–H groups in total. The van der Waals surface area contributed by atoms with Gasteiger partial charge in [0, 0.05) is 44.0 Å². The van der Waals surface area contributed by atoms with Gasteiger partial charge in [0.1, 0.15) is 17.7 Å². The molecule has 1 aliphatic rings. The molecule has 3 rings (SSSR count). The fourth-order valence-corrected chi connectivity index (χ4v) is 3.94. The fourth-order valence-electron chi connectivity index (χ4n) is 3.94. The number of nitrogens with one attached hydrogen (secondary N) is 2. The molecule has 0 bridgehead atoms. The second kappa shape index (κ2) is 12.6. The normalized spacial score (nSPS) is 14.2. The van der Waals surface area contributed by atoms with Crippen LogP contribution in [0.2, 0.25) is 0 Å². The summed E-state index contributed by atoms with van der Waals surface area (Å²) in [5.74, 6) is -0.363. The summed E-state index contributed by atoms with van der Waals surface area (Å²) >= 11 is 0. The summed E-state index contributed by atoms with van der Waals surface area (Å²) in [6.07, 6.45) is 2.92. The van der Waals surface area contributed by atoms with Crippen molar-refractivity contribution in [1.82, 2.24) is 20.5 Å². The average Bonchev–Trinajstić information content (AvgIpc) is 2.87. The molecular formula is C26H32FN5O3. The van der Waals surface area contributed by atoms with E-state index in [0.29, 0.717) is 52.0 Å². The Morgan fingerprint density at radius 2 is 1.80 bits per heavy atom. The molecule has 1 aliphatic heterocycles. The van der Waals surface area contributed by atoms with Crippen LogP contribution in [0.5, 0.6) is 0 Å². The van der Waals surface area contributed by atoms with E-state index in [9.17, 15) is 18.8 Å². The minimum Gasteiger partial charge on any atom is -0.353 e. The van der Waals surface area contributed by atoms with E-state index in [2.05, 4.69) is 27.1 Å². The van der Waals surface area contributed by atoms with Crippen LogP contribution < -0.4 is 15.5 Å². The van der Waals surface area contributed by atoms with Crippen molar-refractivity contribution in [3.8, 4) is 0 Å². The molecule has 2 aromatic rings. The highest BCUT2D eigenvalue weighted by Gasteiger charge is 2.29. The molecule has 1 fully saturated rings. The summed E-state index contributed by atoms with van der Waals surface area (Å²) < 4.78 is 13.2. The van der Waals surface area contributed by atoms with E-state index in [1.54, 1.807) is 4.90 Å². The van der Waals surface area contributed by atoms with Crippen LogP contribution in [0.25, 0.3) is 0 Å². The average molecular weight is 482 g/mol. The molecule has 1 aromatic heterocycles. The molecule has 2 heterocycles. The van der Waals surface area contributed by atoms with Gasteiger partial charge in [0.05, 0.1) is 0 Å². The van der Waals surface area contributed by atoms with E-state index in [-0.39, 0.29) is 17.4 Å². The van der Waals surface area contributed by atoms with Crippen LogP contribution in [-0.4, -0.2) is 66.4 Å². The van der Waals surface area contributed by atoms with Crippen molar-refractivity contribution in [3.63, 3.8) is 0 Å². The summed E-state index contributed by atoms with van der Waals surface area (Å²) in [6.45, 7) is 8.16. The van der Waals surface area contributed by atoms with Gasteiger partial charge in [-0.1, -0.05) is 12.6 Å². The molecular weight excluding hydrogens is 449 g/mol. The minimum atomic E-state index is -0.716. The maximum atomic E-state index is 13.4. The maximum absolute atomic E-state index is 13.4. The number of piperazine rings is 1. The molecule has 9 heteroatoms. The van der Waals surface area contributed by atoms with E-state index >= 15 is 0 Å². The first-order valence-electron chi connectivity index (χ1n) is 11.8. The predicted octanol–water partition coefficient (Wildman–Crippen LogP) is 2.45. The van der Waals surface area contributed by atoms with Crippen LogP contribution in [0.1, 0.15) is 35.3 Å². The zero-order chi connectivity index (χ0) is 25.2. The third-order valence-electron chi connectivity index (χ3n) is 5.90. The number of unbranched alkanes of at least 4 members (excludes halogenated alkanes) is 1. The zero-order valence-corrected chi connectivity index (χ0v) is 20.0. The molecule has 1 saturated heterocycles. The molecule has 0 unspecified atom stereocenters. The fraction of sp³-hybridized carbons (Fsp3) is 0.385.